The van der Waals surface area contributed by atoms with Gasteiger partial charge < -0.3 is 29.4 Å². The van der Waals surface area contributed by atoms with Crippen LogP contribution >= 0.6 is 0 Å². The largest absolute Gasteiger partial charge is 0.494 e. The normalized spacial score (nSPS) is 17.2. The zero-order valence-electron chi connectivity index (χ0n) is 21.5. The number of fused-ring (bicyclic) bond motifs is 1. The minimum absolute atomic E-state index is 0.00345. The number of benzene rings is 2. The van der Waals surface area contributed by atoms with Gasteiger partial charge in [-0.25, -0.2) is 4.98 Å². The number of imidazole rings is 1. The third-order valence-corrected chi connectivity index (χ3v) is 7.64. The molecule has 0 spiro atoms. The van der Waals surface area contributed by atoms with Crippen LogP contribution in [0.4, 0.5) is 5.69 Å². The molecule has 38 heavy (non-hydrogen) atoms. The van der Waals surface area contributed by atoms with Crippen molar-refractivity contribution < 1.29 is 14.3 Å². The van der Waals surface area contributed by atoms with Gasteiger partial charge in [0, 0.05) is 50.2 Å². The number of aromatic nitrogens is 3. The van der Waals surface area contributed by atoms with Crippen LogP contribution in [0.5, 0.6) is 5.75 Å². The number of aryl methyl sites for hydroxylation is 1. The lowest BCUT2D eigenvalue weighted by Gasteiger charge is -2.30. The van der Waals surface area contributed by atoms with Gasteiger partial charge in [-0.05, 0) is 37.1 Å². The lowest BCUT2D eigenvalue weighted by Crippen LogP contribution is -2.45. The molecule has 6 rings (SSSR count). The van der Waals surface area contributed by atoms with Crippen LogP contribution in [0, 0.1) is 11.3 Å². The SMILES string of the molecule is COc1cc(C(=O)N2CCCC(N)C2)cc2nc(-c3cc4cccc5c4n3CCN5C(=O)CC#N)n(C)c12. The smallest absolute Gasteiger partial charge is 0.254 e. The van der Waals surface area contributed by atoms with Gasteiger partial charge in [-0.15, -0.1) is 0 Å². The van der Waals surface area contributed by atoms with E-state index in [2.05, 4.69) is 10.6 Å². The molecule has 194 valence electrons. The number of ether oxygens (including phenoxy) is 1. The molecule has 10 nitrogen and oxygen atoms in total. The summed E-state index contributed by atoms with van der Waals surface area (Å²) in [5.74, 6) is 1.05. The van der Waals surface area contributed by atoms with Gasteiger partial charge in [-0.1, -0.05) is 12.1 Å². The summed E-state index contributed by atoms with van der Waals surface area (Å²) in [6.45, 7) is 2.28. The van der Waals surface area contributed by atoms with E-state index in [1.165, 1.54) is 0 Å². The maximum absolute atomic E-state index is 13.3. The molecular weight excluding hydrogens is 482 g/mol. The van der Waals surface area contributed by atoms with Crippen LogP contribution in [0.15, 0.2) is 36.4 Å². The highest BCUT2D eigenvalue weighted by molar-refractivity contribution is 6.06. The number of piperidine rings is 1. The number of para-hydroxylation sites is 1. The summed E-state index contributed by atoms with van der Waals surface area (Å²) >= 11 is 0. The van der Waals surface area contributed by atoms with E-state index in [1.807, 2.05) is 46.8 Å². The number of nitrogens with zero attached hydrogens (tertiary/aromatic N) is 6. The fraction of sp³-hybridized carbons (Fsp3) is 0.357. The Labute approximate surface area is 219 Å². The second kappa shape index (κ2) is 9.19. The summed E-state index contributed by atoms with van der Waals surface area (Å²) in [7, 11) is 3.54. The fourth-order valence-electron chi connectivity index (χ4n) is 5.88. The van der Waals surface area contributed by atoms with Crippen molar-refractivity contribution in [3.8, 4) is 23.3 Å². The van der Waals surface area contributed by atoms with Gasteiger partial charge >= 0.3 is 0 Å². The predicted octanol–water partition coefficient (Wildman–Crippen LogP) is 3.03. The van der Waals surface area contributed by atoms with Crippen molar-refractivity contribution in [1.82, 2.24) is 19.0 Å². The molecule has 2 aromatic heterocycles. The van der Waals surface area contributed by atoms with Crippen molar-refractivity contribution in [2.75, 3.05) is 31.6 Å². The number of amides is 2. The Morgan fingerprint density at radius 2 is 2.03 bits per heavy atom. The average Bonchev–Trinajstić information content (AvgIpc) is 3.46. The van der Waals surface area contributed by atoms with Gasteiger partial charge in [0.05, 0.1) is 35.6 Å². The first-order valence-corrected chi connectivity index (χ1v) is 12.8. The zero-order valence-corrected chi connectivity index (χ0v) is 21.5. The first kappa shape index (κ1) is 24.0. The highest BCUT2D eigenvalue weighted by atomic mass is 16.5. The van der Waals surface area contributed by atoms with E-state index in [1.54, 1.807) is 18.1 Å². The maximum Gasteiger partial charge on any atom is 0.254 e. The molecule has 0 aliphatic carbocycles. The number of hydrogen-bond donors (Lipinski definition) is 1. The highest BCUT2D eigenvalue weighted by Crippen LogP contribution is 2.39. The molecular formula is C28H29N7O3. The molecule has 0 radical (unpaired) electrons. The van der Waals surface area contributed by atoms with Gasteiger partial charge in [0.2, 0.25) is 5.91 Å². The monoisotopic (exact) mass is 511 g/mol. The van der Waals surface area contributed by atoms with Gasteiger partial charge in [0.25, 0.3) is 5.91 Å². The molecule has 4 aromatic rings. The van der Waals surface area contributed by atoms with Crippen molar-refractivity contribution in [2.24, 2.45) is 12.8 Å². The van der Waals surface area contributed by atoms with E-state index in [4.69, 9.17) is 20.7 Å². The number of carbonyl (C=O) groups is 2. The molecule has 2 amide bonds. The summed E-state index contributed by atoms with van der Waals surface area (Å²) in [5.41, 5.74) is 10.8. The van der Waals surface area contributed by atoms with Crippen molar-refractivity contribution in [3.63, 3.8) is 0 Å². The molecule has 2 aliphatic rings. The zero-order chi connectivity index (χ0) is 26.6. The lowest BCUT2D eigenvalue weighted by molar-refractivity contribution is -0.117. The van der Waals surface area contributed by atoms with Crippen LogP contribution < -0.4 is 15.4 Å². The second-order valence-corrected chi connectivity index (χ2v) is 9.97. The number of likely N-dealkylation sites (tertiary alicyclic amines) is 1. The summed E-state index contributed by atoms with van der Waals surface area (Å²) in [6.07, 6.45) is 1.67. The van der Waals surface area contributed by atoms with Crippen LogP contribution in [0.25, 0.3) is 33.5 Å². The van der Waals surface area contributed by atoms with Gasteiger partial charge in [-0.3, -0.25) is 9.59 Å². The molecule has 1 unspecified atom stereocenters. The Hall–Kier alpha value is -4.36. The third kappa shape index (κ3) is 3.70. The highest BCUT2D eigenvalue weighted by Gasteiger charge is 2.29. The van der Waals surface area contributed by atoms with Crippen LogP contribution in [-0.4, -0.2) is 63.6 Å². The van der Waals surface area contributed by atoms with Gasteiger partial charge in [0.1, 0.15) is 17.7 Å². The molecule has 0 bridgehead atoms. The quantitative estimate of drug-likeness (QED) is 0.449. The summed E-state index contributed by atoms with van der Waals surface area (Å²) in [5, 5.41) is 10.0. The Morgan fingerprint density at radius 3 is 2.79 bits per heavy atom. The lowest BCUT2D eigenvalue weighted by atomic mass is 10.0. The van der Waals surface area contributed by atoms with E-state index >= 15 is 0 Å². The van der Waals surface area contributed by atoms with E-state index in [0.717, 1.165) is 46.5 Å². The molecule has 10 heteroatoms. The molecule has 1 atom stereocenters. The molecule has 1 saturated heterocycles. The van der Waals surface area contributed by atoms with Gasteiger partial charge in [0.15, 0.2) is 5.82 Å². The predicted molar refractivity (Wildman–Crippen MR) is 144 cm³/mol. The van der Waals surface area contributed by atoms with Crippen LogP contribution in [0.3, 0.4) is 0 Å². The average molecular weight is 512 g/mol. The summed E-state index contributed by atoms with van der Waals surface area (Å²) in [6, 6.07) is 13.5. The topological polar surface area (TPSA) is 122 Å². The van der Waals surface area contributed by atoms with Gasteiger partial charge in [-0.2, -0.15) is 5.26 Å². The van der Waals surface area contributed by atoms with Crippen molar-refractivity contribution in [3.05, 3.63) is 42.0 Å². The molecule has 4 heterocycles. The number of rotatable bonds is 4. The minimum Gasteiger partial charge on any atom is -0.494 e. The number of anilines is 1. The Bertz CT molecular complexity index is 1640. The molecule has 0 saturated carbocycles. The number of carbonyl (C=O) groups excluding carboxylic acids is 2. The third-order valence-electron chi connectivity index (χ3n) is 7.64. The Balaban J connectivity index is 1.46. The molecule has 2 aromatic carbocycles. The van der Waals surface area contributed by atoms with E-state index in [-0.39, 0.29) is 24.3 Å². The van der Waals surface area contributed by atoms with Crippen molar-refractivity contribution in [1.29, 1.82) is 5.26 Å². The van der Waals surface area contributed by atoms with Crippen LogP contribution in [-0.2, 0) is 18.4 Å². The Morgan fingerprint density at radius 1 is 1.18 bits per heavy atom. The Kier molecular flexibility index (Phi) is 5.80. The first-order valence-electron chi connectivity index (χ1n) is 12.8. The fourth-order valence-corrected chi connectivity index (χ4v) is 5.88. The standard InChI is InChI=1S/C28H29N7O3/c1-32-26-20(13-18(15-23(26)38-2)28(37)33-10-4-6-19(30)16-33)31-27(32)22-14-17-5-3-7-21-25(17)35(22)12-11-34(21)24(36)8-9-29/h3,5,7,13-15,19H,4,6,8,10-12,16,30H2,1-2H3. The number of nitriles is 1. The number of methoxy groups -OCH3 is 1. The molecule has 2 N–H and O–H groups in total. The number of hydrogen-bond acceptors (Lipinski definition) is 6. The first-order chi connectivity index (χ1) is 18.4. The number of nitrogens with two attached hydrogens (primary N) is 1. The molecule has 2 aliphatic heterocycles. The molecule has 1 fully saturated rings. The summed E-state index contributed by atoms with van der Waals surface area (Å²) < 4.78 is 9.90. The maximum atomic E-state index is 13.3. The van der Waals surface area contributed by atoms with E-state index in [0.29, 0.717) is 43.0 Å². The van der Waals surface area contributed by atoms with Crippen LogP contribution in [0.1, 0.15) is 29.6 Å². The second-order valence-electron chi connectivity index (χ2n) is 9.97. The minimum atomic E-state index is -0.201. The van der Waals surface area contributed by atoms with E-state index in [9.17, 15) is 9.59 Å². The van der Waals surface area contributed by atoms with E-state index < -0.39 is 0 Å². The van der Waals surface area contributed by atoms with Crippen molar-refractivity contribution >= 4 is 39.4 Å². The summed E-state index contributed by atoms with van der Waals surface area (Å²) in [4.78, 5) is 34.4. The van der Waals surface area contributed by atoms with Crippen LogP contribution in [0.2, 0.25) is 0 Å². The van der Waals surface area contributed by atoms with Crippen molar-refractivity contribution in [2.45, 2.75) is 31.8 Å².